The predicted molar refractivity (Wildman–Crippen MR) is 113 cm³/mol. The van der Waals surface area contributed by atoms with E-state index < -0.39 is 22.2 Å². The zero-order valence-corrected chi connectivity index (χ0v) is 18.1. The lowest BCUT2D eigenvalue weighted by molar-refractivity contribution is -0.137. The van der Waals surface area contributed by atoms with Gasteiger partial charge in [0, 0.05) is 16.1 Å². The highest BCUT2D eigenvalue weighted by molar-refractivity contribution is 7.60. The van der Waals surface area contributed by atoms with Crippen molar-refractivity contribution >= 4 is 27.8 Å². The number of halogens is 4. The van der Waals surface area contributed by atoms with Gasteiger partial charge in [-0.05, 0) is 37.0 Å². The summed E-state index contributed by atoms with van der Waals surface area (Å²) in [6.07, 6.45) is 1.18. The molecular formula is C21H22ClF3N2O3S. The molecular weight excluding hydrogens is 453 g/mol. The van der Waals surface area contributed by atoms with Crippen molar-refractivity contribution in [1.29, 1.82) is 4.78 Å². The molecule has 1 aliphatic rings. The van der Waals surface area contributed by atoms with E-state index in [0.29, 0.717) is 18.1 Å². The van der Waals surface area contributed by atoms with Crippen molar-refractivity contribution < 1.29 is 26.4 Å². The van der Waals surface area contributed by atoms with Crippen LogP contribution >= 0.6 is 11.6 Å². The summed E-state index contributed by atoms with van der Waals surface area (Å²) < 4.78 is 63.4. The second-order valence-electron chi connectivity index (χ2n) is 7.03. The van der Waals surface area contributed by atoms with Crippen LogP contribution in [0.4, 0.5) is 13.2 Å². The van der Waals surface area contributed by atoms with Crippen molar-refractivity contribution in [1.82, 2.24) is 0 Å². The molecule has 10 heteroatoms. The van der Waals surface area contributed by atoms with Crippen molar-refractivity contribution in [2.45, 2.75) is 38.3 Å². The van der Waals surface area contributed by atoms with Crippen LogP contribution in [0.2, 0.25) is 5.02 Å². The zero-order valence-electron chi connectivity index (χ0n) is 16.5. The molecule has 2 aromatic rings. The average Bonchev–Trinajstić information content (AvgIpc) is 2.71. The van der Waals surface area contributed by atoms with E-state index in [2.05, 4.69) is 5.16 Å². The van der Waals surface area contributed by atoms with Gasteiger partial charge in [0.25, 0.3) is 0 Å². The first-order valence-corrected chi connectivity index (χ1v) is 11.1. The molecule has 0 radical (unpaired) electrons. The molecule has 0 spiro atoms. The molecule has 0 aromatic heterocycles. The Morgan fingerprint density at radius 2 is 1.71 bits per heavy atom. The molecule has 0 amide bonds. The fourth-order valence-electron chi connectivity index (χ4n) is 3.37. The molecule has 0 aliphatic heterocycles. The molecule has 31 heavy (non-hydrogen) atoms. The zero-order chi connectivity index (χ0) is 22.9. The van der Waals surface area contributed by atoms with Gasteiger partial charge < -0.3 is 4.84 Å². The smallest absolute Gasteiger partial charge is 0.395 e. The molecule has 0 bridgehead atoms. The van der Waals surface area contributed by atoms with Crippen LogP contribution in [0.25, 0.3) is 0 Å². The fourth-order valence-corrected chi connectivity index (χ4v) is 3.55. The Bertz CT molecular complexity index is 985. The summed E-state index contributed by atoms with van der Waals surface area (Å²) in [4.78, 5) is 5.53. The number of benzene rings is 2. The van der Waals surface area contributed by atoms with Gasteiger partial charge in [0.15, 0.2) is 0 Å². The van der Waals surface area contributed by atoms with Gasteiger partial charge in [0.2, 0.25) is 0 Å². The second-order valence-corrected chi connectivity index (χ2v) is 7.93. The van der Waals surface area contributed by atoms with Crippen molar-refractivity contribution in [3.63, 3.8) is 0 Å². The highest BCUT2D eigenvalue weighted by atomic mass is 35.5. The maximum atomic E-state index is 13.5. The molecule has 1 N–H and O–H groups in total. The highest BCUT2D eigenvalue weighted by Gasteiger charge is 2.35. The molecule has 0 heterocycles. The van der Waals surface area contributed by atoms with Gasteiger partial charge in [-0.3, -0.25) is 0 Å². The largest absolute Gasteiger partial charge is 0.417 e. The van der Waals surface area contributed by atoms with Crippen LogP contribution in [0.15, 0.2) is 53.7 Å². The number of nitrogens with zero attached hydrogens (tertiary/aromatic N) is 1. The SMILES string of the molecule is FC(F)(F)c1ccc(Cl)cc1/C(=N/OCC1CCCCC1)c1ccccc1.N=S(=O)=O. The van der Waals surface area contributed by atoms with E-state index in [9.17, 15) is 13.2 Å². The van der Waals surface area contributed by atoms with Crippen molar-refractivity contribution in [2.75, 3.05) is 6.61 Å². The van der Waals surface area contributed by atoms with E-state index >= 15 is 0 Å². The Kier molecular flexibility index (Phi) is 9.51. The van der Waals surface area contributed by atoms with E-state index in [4.69, 9.17) is 29.6 Å². The minimum atomic E-state index is -4.52. The van der Waals surface area contributed by atoms with Crippen molar-refractivity contribution in [2.24, 2.45) is 11.1 Å². The Hall–Kier alpha value is -2.39. The maximum absolute atomic E-state index is 13.5. The summed E-state index contributed by atoms with van der Waals surface area (Å²) in [6.45, 7) is 0.415. The van der Waals surface area contributed by atoms with Gasteiger partial charge >= 0.3 is 16.7 Å². The lowest BCUT2D eigenvalue weighted by Crippen LogP contribution is -2.16. The first-order chi connectivity index (χ1) is 14.7. The lowest BCUT2D eigenvalue weighted by Gasteiger charge is -2.20. The Morgan fingerprint density at radius 3 is 2.29 bits per heavy atom. The molecule has 1 fully saturated rings. The topological polar surface area (TPSA) is 79.6 Å². The summed E-state index contributed by atoms with van der Waals surface area (Å²) >= 11 is 5.99. The normalized spacial score (nSPS) is 15.0. The molecule has 3 rings (SSSR count). The minimum Gasteiger partial charge on any atom is -0.395 e. The lowest BCUT2D eigenvalue weighted by atomic mass is 9.90. The van der Waals surface area contributed by atoms with Crippen LogP contribution in [-0.4, -0.2) is 20.7 Å². The fraction of sp³-hybridized carbons (Fsp3) is 0.381. The van der Waals surface area contributed by atoms with E-state index in [1.54, 1.807) is 30.3 Å². The van der Waals surface area contributed by atoms with Crippen molar-refractivity contribution in [3.05, 3.63) is 70.2 Å². The van der Waals surface area contributed by atoms with Crippen LogP contribution in [0.5, 0.6) is 0 Å². The Morgan fingerprint density at radius 1 is 1.10 bits per heavy atom. The number of rotatable bonds is 5. The summed E-state index contributed by atoms with van der Waals surface area (Å²) in [6, 6.07) is 12.2. The molecule has 0 unspecified atom stereocenters. The summed E-state index contributed by atoms with van der Waals surface area (Å²) in [5, 5.41) is 4.35. The van der Waals surface area contributed by atoms with Crippen LogP contribution in [0.3, 0.4) is 0 Å². The average molecular weight is 475 g/mol. The third kappa shape index (κ3) is 8.34. The first-order valence-electron chi connectivity index (χ1n) is 9.61. The summed E-state index contributed by atoms with van der Waals surface area (Å²) in [5.74, 6) is 0.404. The monoisotopic (exact) mass is 474 g/mol. The number of oxime groups is 1. The molecule has 2 aromatic carbocycles. The van der Waals surface area contributed by atoms with Gasteiger partial charge in [0.1, 0.15) is 12.3 Å². The van der Waals surface area contributed by atoms with Crippen LogP contribution in [-0.2, 0) is 21.5 Å². The molecule has 1 aliphatic carbocycles. The number of nitrogens with one attached hydrogen (secondary N) is 1. The standard InChI is InChI=1S/C21H21ClF3NO.HNO2S/c22-17-11-12-19(21(23,24)25)18(13-17)20(16-9-5-2-6-10-16)26-27-14-15-7-3-1-4-8-15;1-4(2)3/h2,5-6,9-13,15H,1,3-4,7-8,14H2;1H/b26-20+;. The van der Waals surface area contributed by atoms with Gasteiger partial charge in [0.05, 0.1) is 5.56 Å². The van der Waals surface area contributed by atoms with E-state index in [1.807, 2.05) is 0 Å². The third-order valence-corrected chi connectivity index (χ3v) is 5.02. The number of hydrogen-bond donors (Lipinski definition) is 1. The number of alkyl halides is 3. The van der Waals surface area contributed by atoms with E-state index in [0.717, 1.165) is 31.7 Å². The number of hydrogen-bond acceptors (Lipinski definition) is 5. The van der Waals surface area contributed by atoms with Crippen LogP contribution in [0, 0.1) is 10.7 Å². The second kappa shape index (κ2) is 11.9. The van der Waals surface area contributed by atoms with Gasteiger partial charge in [-0.1, -0.05) is 66.4 Å². The Balaban J connectivity index is 0.000000785. The van der Waals surface area contributed by atoms with Gasteiger partial charge in [-0.25, -0.2) is 0 Å². The summed E-state index contributed by atoms with van der Waals surface area (Å²) in [7, 11) is -2.61. The molecule has 0 saturated heterocycles. The molecule has 168 valence electrons. The molecule has 5 nitrogen and oxygen atoms in total. The molecule has 1 saturated carbocycles. The van der Waals surface area contributed by atoms with Crippen LogP contribution < -0.4 is 0 Å². The van der Waals surface area contributed by atoms with Gasteiger partial charge in [-0.15, -0.1) is 0 Å². The first kappa shape index (κ1) is 24.9. The van der Waals surface area contributed by atoms with E-state index in [1.165, 1.54) is 18.6 Å². The summed E-state index contributed by atoms with van der Waals surface area (Å²) in [5.41, 5.74) is -0.171. The predicted octanol–water partition coefficient (Wildman–Crippen LogP) is 6.34. The van der Waals surface area contributed by atoms with E-state index in [-0.39, 0.29) is 16.3 Å². The van der Waals surface area contributed by atoms with Gasteiger partial charge in [-0.2, -0.15) is 26.4 Å². The molecule has 0 atom stereocenters. The minimum absolute atomic E-state index is 0.0788. The highest BCUT2D eigenvalue weighted by Crippen LogP contribution is 2.35. The quantitative estimate of drug-likeness (QED) is 0.406. The third-order valence-electron chi connectivity index (χ3n) is 4.78. The maximum Gasteiger partial charge on any atom is 0.417 e. The van der Waals surface area contributed by atoms with Crippen molar-refractivity contribution in [3.8, 4) is 0 Å². The van der Waals surface area contributed by atoms with Crippen LogP contribution in [0.1, 0.15) is 48.8 Å². The Labute approximate surface area is 185 Å².